The Morgan fingerprint density at radius 1 is 1.19 bits per heavy atom. The lowest BCUT2D eigenvalue weighted by atomic mass is 9.45. The Balaban J connectivity index is 2.21. The summed E-state index contributed by atoms with van der Waals surface area (Å²) in [5.41, 5.74) is -0.0572. The van der Waals surface area contributed by atoms with Gasteiger partial charge < -0.3 is 19.3 Å². The van der Waals surface area contributed by atoms with Crippen molar-refractivity contribution in [3.63, 3.8) is 0 Å². The molecule has 2 fully saturated rings. The van der Waals surface area contributed by atoms with Crippen molar-refractivity contribution < 1.29 is 38.4 Å². The molecule has 0 amide bonds. The summed E-state index contributed by atoms with van der Waals surface area (Å²) in [6.45, 7) is 16.4. The van der Waals surface area contributed by atoms with Crippen LogP contribution in [0.15, 0.2) is 36.0 Å². The van der Waals surface area contributed by atoms with Crippen molar-refractivity contribution in [1.29, 1.82) is 0 Å². The van der Waals surface area contributed by atoms with Crippen LogP contribution in [0, 0.1) is 28.6 Å². The Morgan fingerprint density at radius 3 is 2.41 bits per heavy atom. The maximum absolute atomic E-state index is 12.8. The van der Waals surface area contributed by atoms with E-state index in [1.54, 1.807) is 12.2 Å². The summed E-state index contributed by atoms with van der Waals surface area (Å²) in [6, 6.07) is 0. The van der Waals surface area contributed by atoms with Crippen LogP contribution >= 0.6 is 0 Å². The highest BCUT2D eigenvalue weighted by molar-refractivity contribution is 5.72. The molecule has 1 aliphatic heterocycles. The van der Waals surface area contributed by atoms with Crippen LogP contribution in [0.3, 0.4) is 0 Å². The highest BCUT2D eigenvalue weighted by Crippen LogP contribution is 2.67. The largest absolute Gasteiger partial charge is 0.458 e. The average Bonchev–Trinajstić information content (AvgIpc) is 3.12. The van der Waals surface area contributed by atoms with Gasteiger partial charge in [-0.1, -0.05) is 52.0 Å². The highest BCUT2D eigenvalue weighted by atomic mass is 16.8. The van der Waals surface area contributed by atoms with Gasteiger partial charge in [0.25, 0.3) is 0 Å². The van der Waals surface area contributed by atoms with Crippen LogP contribution in [0.2, 0.25) is 0 Å². The van der Waals surface area contributed by atoms with Gasteiger partial charge in [-0.15, -0.1) is 0 Å². The first-order chi connectivity index (χ1) is 17.3. The summed E-state index contributed by atoms with van der Waals surface area (Å²) in [6.07, 6.45) is 3.89. The molecule has 8 nitrogen and oxygen atoms in total. The first-order valence-electron chi connectivity index (χ1n) is 13.2. The molecule has 37 heavy (non-hydrogen) atoms. The molecule has 1 N–H and O–H groups in total. The Labute approximate surface area is 220 Å². The third-order valence-electron chi connectivity index (χ3n) is 8.87. The zero-order valence-electron chi connectivity index (χ0n) is 23.1. The minimum absolute atomic E-state index is 0.0722. The number of hydrogen-bond acceptors (Lipinski definition) is 8. The molecule has 206 valence electrons. The summed E-state index contributed by atoms with van der Waals surface area (Å²) >= 11 is 0. The Bertz CT molecular complexity index is 982. The third kappa shape index (κ3) is 5.28. The van der Waals surface area contributed by atoms with Gasteiger partial charge >= 0.3 is 17.9 Å². The second-order valence-electron chi connectivity index (χ2n) is 11.2. The van der Waals surface area contributed by atoms with Gasteiger partial charge in [-0.05, 0) is 55.9 Å². The highest BCUT2D eigenvalue weighted by Gasteiger charge is 2.71. The lowest BCUT2D eigenvalue weighted by Crippen LogP contribution is -2.63. The normalized spacial score (nSPS) is 37.9. The lowest BCUT2D eigenvalue weighted by Gasteiger charge is -2.60. The van der Waals surface area contributed by atoms with Crippen LogP contribution in [-0.4, -0.2) is 47.8 Å². The van der Waals surface area contributed by atoms with Crippen molar-refractivity contribution in [2.45, 2.75) is 98.9 Å². The van der Waals surface area contributed by atoms with Crippen molar-refractivity contribution in [1.82, 2.24) is 0 Å². The van der Waals surface area contributed by atoms with E-state index >= 15 is 0 Å². The van der Waals surface area contributed by atoms with Gasteiger partial charge in [-0.25, -0.2) is 0 Å². The van der Waals surface area contributed by atoms with E-state index in [4.69, 9.17) is 18.9 Å². The minimum Gasteiger partial charge on any atom is -0.458 e. The van der Waals surface area contributed by atoms with Crippen LogP contribution in [0.5, 0.6) is 0 Å². The van der Waals surface area contributed by atoms with Crippen LogP contribution < -0.4 is 0 Å². The van der Waals surface area contributed by atoms with Crippen molar-refractivity contribution in [2.75, 3.05) is 0 Å². The number of aliphatic hydroxyl groups is 1. The number of carbonyl (C=O) groups excluding carboxylic acids is 3. The molecular weight excluding hydrogens is 476 g/mol. The molecule has 2 aliphatic carbocycles. The molecule has 1 heterocycles. The quantitative estimate of drug-likeness (QED) is 0.215. The third-order valence-corrected chi connectivity index (χ3v) is 8.87. The summed E-state index contributed by atoms with van der Waals surface area (Å²) in [5, 5.41) is 11.7. The topological polar surface area (TPSA) is 108 Å². The number of hydrogen-bond donors (Lipinski definition) is 1. The molecule has 0 aromatic rings. The van der Waals surface area contributed by atoms with E-state index in [1.165, 1.54) is 13.8 Å². The van der Waals surface area contributed by atoms with Crippen molar-refractivity contribution in [2.24, 2.45) is 28.6 Å². The average molecular weight is 519 g/mol. The van der Waals surface area contributed by atoms with E-state index in [2.05, 4.69) is 26.5 Å². The van der Waals surface area contributed by atoms with Gasteiger partial charge in [0.05, 0.1) is 17.4 Å². The number of carbonyl (C=O) groups is 3. The molecule has 8 heteroatoms. The Kier molecular flexibility index (Phi) is 8.75. The Hall–Kier alpha value is -2.45. The Morgan fingerprint density at radius 2 is 1.84 bits per heavy atom. The van der Waals surface area contributed by atoms with Crippen molar-refractivity contribution >= 4 is 17.9 Å². The summed E-state index contributed by atoms with van der Waals surface area (Å²) in [5.74, 6) is -1.99. The first-order valence-corrected chi connectivity index (χ1v) is 13.2. The van der Waals surface area contributed by atoms with Gasteiger partial charge in [-0.3, -0.25) is 19.1 Å². The van der Waals surface area contributed by atoms with E-state index in [-0.39, 0.29) is 23.7 Å². The van der Waals surface area contributed by atoms with E-state index in [1.807, 2.05) is 20.8 Å². The van der Waals surface area contributed by atoms with E-state index in [0.717, 1.165) is 5.57 Å². The van der Waals surface area contributed by atoms with Gasteiger partial charge in [0, 0.05) is 19.4 Å². The van der Waals surface area contributed by atoms with Gasteiger partial charge in [0.15, 0.2) is 0 Å². The molecule has 3 aliphatic rings. The number of allylic oxidation sites excluding steroid dienone is 3. The fourth-order valence-electron chi connectivity index (χ4n) is 6.30. The standard InChI is InChI=1S/C29H42O8/c1-9-16(3)11-12-28(8)18(5)13-24(32)29-22(26(34-19(6)30)37-27(29)35-20(7)31)14-21(15-23(28)29)36-25(33)17(4)10-2/h9,11,14,17-18,21,23-24,26-27,32H,1,10,12-13,15H2,2-8H3/b16-11+/t17-,18+,21+,23-,24-,26-,27+,28+,29-/m0/s1. The molecular formula is C29H42O8. The molecule has 1 spiro atoms. The van der Waals surface area contributed by atoms with Gasteiger partial charge in [-0.2, -0.15) is 0 Å². The predicted octanol–water partition coefficient (Wildman–Crippen LogP) is 4.62. The zero-order chi connectivity index (χ0) is 27.7. The summed E-state index contributed by atoms with van der Waals surface area (Å²) in [7, 11) is 0. The maximum atomic E-state index is 12.8. The van der Waals surface area contributed by atoms with E-state index < -0.39 is 47.6 Å². The SMILES string of the molecule is C=C/C(C)=C/C[C@]1(C)[C@H](C)C[C@H](O)[C@]23C(=C[C@@H](OC(=O)[C@@H](C)CC)C[C@@H]12)[C@@H](OC(C)=O)O[C@H]3OC(C)=O. The van der Waals surface area contributed by atoms with Crippen LogP contribution in [0.1, 0.15) is 74.1 Å². The van der Waals surface area contributed by atoms with Crippen LogP contribution in [-0.2, 0) is 33.3 Å². The molecule has 0 unspecified atom stereocenters. The van der Waals surface area contributed by atoms with Crippen molar-refractivity contribution in [3.8, 4) is 0 Å². The van der Waals surface area contributed by atoms with E-state index in [0.29, 0.717) is 31.3 Å². The molecule has 0 aromatic carbocycles. The number of rotatable bonds is 8. The number of esters is 3. The zero-order valence-corrected chi connectivity index (χ0v) is 23.1. The summed E-state index contributed by atoms with van der Waals surface area (Å²) < 4.78 is 23.2. The molecule has 1 saturated carbocycles. The molecule has 0 aromatic heterocycles. The van der Waals surface area contributed by atoms with Crippen LogP contribution in [0.4, 0.5) is 0 Å². The second kappa shape index (κ2) is 11.1. The molecule has 1 saturated heterocycles. The first kappa shape index (κ1) is 29.1. The molecule has 3 rings (SSSR count). The fourth-order valence-corrected chi connectivity index (χ4v) is 6.30. The molecule has 0 radical (unpaired) electrons. The van der Waals surface area contributed by atoms with Gasteiger partial charge in [0.2, 0.25) is 12.6 Å². The smallest absolute Gasteiger partial charge is 0.309 e. The predicted molar refractivity (Wildman–Crippen MR) is 137 cm³/mol. The summed E-state index contributed by atoms with van der Waals surface area (Å²) in [4.78, 5) is 37.0. The van der Waals surface area contributed by atoms with E-state index in [9.17, 15) is 19.5 Å². The number of ether oxygens (including phenoxy) is 4. The fraction of sp³-hybridized carbons (Fsp3) is 0.690. The second-order valence-corrected chi connectivity index (χ2v) is 11.2. The van der Waals surface area contributed by atoms with Gasteiger partial charge in [0.1, 0.15) is 6.10 Å². The van der Waals surface area contributed by atoms with Crippen molar-refractivity contribution in [3.05, 3.63) is 36.0 Å². The molecule has 0 bridgehead atoms. The van der Waals surface area contributed by atoms with Crippen LogP contribution in [0.25, 0.3) is 0 Å². The lowest BCUT2D eigenvalue weighted by molar-refractivity contribution is -0.254. The minimum atomic E-state index is -1.17. The monoisotopic (exact) mass is 518 g/mol. The maximum Gasteiger partial charge on any atom is 0.309 e. The number of aliphatic hydroxyl groups excluding tert-OH is 1. The molecule has 9 atom stereocenters.